The summed E-state index contributed by atoms with van der Waals surface area (Å²) in [5.74, 6) is 1.02. The van der Waals surface area contributed by atoms with Crippen LogP contribution in [0.1, 0.15) is 6.42 Å². The highest BCUT2D eigenvalue weighted by Gasteiger charge is 2.21. The zero-order valence-corrected chi connectivity index (χ0v) is 12.5. The van der Waals surface area contributed by atoms with E-state index in [1.54, 1.807) is 0 Å². The molecular formula is C9H12BrClIN3. The molecule has 1 N–H and O–H groups in total. The molecule has 2 heterocycles. The van der Waals surface area contributed by atoms with Crippen LogP contribution in [0.2, 0.25) is 0 Å². The van der Waals surface area contributed by atoms with Gasteiger partial charge in [-0.25, -0.2) is 4.98 Å². The zero-order valence-electron chi connectivity index (χ0n) is 7.99. The summed E-state index contributed by atoms with van der Waals surface area (Å²) in [5.41, 5.74) is 0. The van der Waals surface area contributed by atoms with Gasteiger partial charge in [0.1, 0.15) is 10.4 Å². The Hall–Kier alpha value is 0.410. The van der Waals surface area contributed by atoms with Gasteiger partial charge in [-0.3, -0.25) is 3.11 Å². The lowest BCUT2D eigenvalue weighted by molar-refractivity contribution is 0.753. The maximum atomic E-state index is 4.42. The van der Waals surface area contributed by atoms with Gasteiger partial charge in [-0.1, -0.05) is 6.07 Å². The van der Waals surface area contributed by atoms with E-state index in [0.29, 0.717) is 6.04 Å². The molecule has 84 valence electrons. The summed E-state index contributed by atoms with van der Waals surface area (Å²) in [6.07, 6.45) is 1.19. The second-order valence-electron chi connectivity index (χ2n) is 3.28. The Morgan fingerprint density at radius 3 is 2.93 bits per heavy atom. The molecule has 1 aromatic rings. The summed E-state index contributed by atoms with van der Waals surface area (Å²) >= 11 is 5.72. The van der Waals surface area contributed by atoms with Gasteiger partial charge in [0, 0.05) is 6.54 Å². The summed E-state index contributed by atoms with van der Waals surface area (Å²) in [5, 5.41) is 3.35. The van der Waals surface area contributed by atoms with Crippen molar-refractivity contribution in [1.82, 2.24) is 10.3 Å². The Balaban J connectivity index is 0.00000112. The lowest BCUT2D eigenvalue weighted by Crippen LogP contribution is -2.28. The molecule has 0 spiro atoms. The zero-order chi connectivity index (χ0) is 9.97. The minimum Gasteiger partial charge on any atom is -0.315 e. The molecule has 1 aliphatic rings. The monoisotopic (exact) mass is 403 g/mol. The van der Waals surface area contributed by atoms with Crippen LogP contribution >= 0.6 is 51.2 Å². The third kappa shape index (κ3) is 3.44. The van der Waals surface area contributed by atoms with E-state index in [4.69, 9.17) is 0 Å². The molecule has 3 nitrogen and oxygen atoms in total. The lowest BCUT2D eigenvalue weighted by Gasteiger charge is -2.22. The molecule has 1 saturated heterocycles. The summed E-state index contributed by atoms with van der Waals surface area (Å²) < 4.78 is 3.10. The SMILES string of the molecule is Brc1cccc(N(I)[C@H]2CCNC2)n1.Cl. The van der Waals surface area contributed by atoms with Gasteiger partial charge in [-0.2, -0.15) is 0 Å². The molecule has 0 aromatic carbocycles. The molecule has 1 aliphatic heterocycles. The number of nitrogens with one attached hydrogen (secondary N) is 1. The van der Waals surface area contributed by atoms with Crippen molar-refractivity contribution in [2.24, 2.45) is 0 Å². The first-order valence-corrected chi connectivity index (χ1v) is 6.31. The minimum atomic E-state index is 0. The van der Waals surface area contributed by atoms with Crippen molar-refractivity contribution in [2.75, 3.05) is 16.2 Å². The summed E-state index contributed by atoms with van der Waals surface area (Å²) in [4.78, 5) is 4.42. The predicted octanol–water partition coefficient (Wildman–Crippen LogP) is 2.78. The summed E-state index contributed by atoms with van der Waals surface area (Å²) in [6.45, 7) is 2.16. The molecule has 6 heteroatoms. The van der Waals surface area contributed by atoms with E-state index in [1.165, 1.54) is 6.42 Å². The fourth-order valence-electron chi connectivity index (χ4n) is 1.54. The van der Waals surface area contributed by atoms with Gasteiger partial charge in [0.25, 0.3) is 0 Å². The molecule has 1 atom stereocenters. The summed E-state index contributed by atoms with van der Waals surface area (Å²) in [7, 11) is 0. The Kier molecular flexibility index (Phi) is 5.59. The van der Waals surface area contributed by atoms with Crippen LogP contribution in [-0.2, 0) is 0 Å². The first-order valence-electron chi connectivity index (χ1n) is 4.55. The van der Waals surface area contributed by atoms with Gasteiger partial charge < -0.3 is 5.32 Å². The molecule has 0 aliphatic carbocycles. The highest BCUT2D eigenvalue weighted by atomic mass is 127. The van der Waals surface area contributed by atoms with Crippen LogP contribution in [0, 0.1) is 0 Å². The van der Waals surface area contributed by atoms with Crippen molar-refractivity contribution in [1.29, 1.82) is 0 Å². The average molecular weight is 404 g/mol. The maximum absolute atomic E-state index is 4.42. The molecule has 0 bridgehead atoms. The highest BCUT2D eigenvalue weighted by Crippen LogP contribution is 2.23. The highest BCUT2D eigenvalue weighted by molar-refractivity contribution is 14.1. The molecule has 0 saturated carbocycles. The Morgan fingerprint density at radius 1 is 1.53 bits per heavy atom. The van der Waals surface area contributed by atoms with Crippen molar-refractivity contribution < 1.29 is 0 Å². The Morgan fingerprint density at radius 2 is 2.33 bits per heavy atom. The molecule has 0 amide bonds. The van der Waals surface area contributed by atoms with E-state index in [1.807, 2.05) is 18.2 Å². The Bertz CT molecular complexity index is 320. The predicted molar refractivity (Wildman–Crippen MR) is 77.0 cm³/mol. The fourth-order valence-corrected chi connectivity index (χ4v) is 2.61. The van der Waals surface area contributed by atoms with Crippen LogP contribution in [0.4, 0.5) is 5.82 Å². The number of pyridine rings is 1. The fraction of sp³-hybridized carbons (Fsp3) is 0.444. The number of anilines is 1. The smallest absolute Gasteiger partial charge is 0.138 e. The van der Waals surface area contributed by atoms with E-state index in [-0.39, 0.29) is 12.4 Å². The molecule has 1 aromatic heterocycles. The first kappa shape index (κ1) is 13.5. The molecular weight excluding hydrogens is 392 g/mol. The average Bonchev–Trinajstić information content (AvgIpc) is 2.69. The largest absolute Gasteiger partial charge is 0.315 e. The molecule has 2 rings (SSSR count). The van der Waals surface area contributed by atoms with Crippen LogP contribution < -0.4 is 8.43 Å². The summed E-state index contributed by atoms with van der Waals surface area (Å²) in [6, 6.07) is 6.56. The first-order chi connectivity index (χ1) is 6.77. The topological polar surface area (TPSA) is 28.2 Å². The van der Waals surface area contributed by atoms with Gasteiger partial charge >= 0.3 is 0 Å². The number of nitrogens with zero attached hydrogens (tertiary/aromatic N) is 2. The normalized spacial score (nSPS) is 19.7. The van der Waals surface area contributed by atoms with Gasteiger partial charge in [0.2, 0.25) is 0 Å². The van der Waals surface area contributed by atoms with E-state index >= 15 is 0 Å². The molecule has 0 radical (unpaired) electrons. The van der Waals surface area contributed by atoms with Crippen LogP contribution in [-0.4, -0.2) is 24.1 Å². The molecule has 15 heavy (non-hydrogen) atoms. The standard InChI is InChI=1S/C9H11BrIN3.ClH/c10-8-2-1-3-9(13-8)14(11)7-4-5-12-6-7;/h1-3,7,12H,4-6H2;1H/t7-;/m0./s1. The van der Waals surface area contributed by atoms with Gasteiger partial charge in [-0.15, -0.1) is 12.4 Å². The van der Waals surface area contributed by atoms with Gasteiger partial charge in [-0.05, 0) is 41.0 Å². The number of rotatable bonds is 2. The number of halogens is 3. The maximum Gasteiger partial charge on any atom is 0.138 e. The van der Waals surface area contributed by atoms with Crippen LogP contribution in [0.5, 0.6) is 0 Å². The van der Waals surface area contributed by atoms with Gasteiger partial charge in [0.05, 0.1) is 28.9 Å². The van der Waals surface area contributed by atoms with E-state index in [2.05, 4.69) is 52.2 Å². The van der Waals surface area contributed by atoms with Crippen molar-refractivity contribution in [3.05, 3.63) is 22.8 Å². The lowest BCUT2D eigenvalue weighted by atomic mass is 10.2. The Labute approximate surface area is 118 Å². The van der Waals surface area contributed by atoms with E-state index < -0.39 is 0 Å². The van der Waals surface area contributed by atoms with Crippen LogP contribution in [0.15, 0.2) is 22.8 Å². The number of hydrogen-bond donors (Lipinski definition) is 1. The second-order valence-corrected chi connectivity index (χ2v) is 5.13. The molecule has 0 unspecified atom stereocenters. The second kappa shape index (κ2) is 6.22. The van der Waals surface area contributed by atoms with Crippen molar-refractivity contribution in [3.63, 3.8) is 0 Å². The van der Waals surface area contributed by atoms with Crippen molar-refractivity contribution in [2.45, 2.75) is 12.5 Å². The third-order valence-electron chi connectivity index (χ3n) is 2.27. The number of hydrogen-bond acceptors (Lipinski definition) is 3. The van der Waals surface area contributed by atoms with E-state index in [9.17, 15) is 0 Å². The quantitative estimate of drug-likeness (QED) is 0.467. The molecule has 1 fully saturated rings. The van der Waals surface area contributed by atoms with Crippen LogP contribution in [0.3, 0.4) is 0 Å². The van der Waals surface area contributed by atoms with Crippen molar-refractivity contribution in [3.8, 4) is 0 Å². The minimum absolute atomic E-state index is 0. The van der Waals surface area contributed by atoms with E-state index in [0.717, 1.165) is 23.5 Å². The van der Waals surface area contributed by atoms with Crippen molar-refractivity contribution >= 4 is 57.0 Å². The van der Waals surface area contributed by atoms with Gasteiger partial charge in [0.15, 0.2) is 0 Å². The van der Waals surface area contributed by atoms with Crippen LogP contribution in [0.25, 0.3) is 0 Å². The third-order valence-corrected chi connectivity index (χ3v) is 4.00. The number of aromatic nitrogens is 1.